The quantitative estimate of drug-likeness (QED) is 0.550. The molecule has 188 valence electrons. The van der Waals surface area contributed by atoms with E-state index in [2.05, 4.69) is 24.8 Å². The van der Waals surface area contributed by atoms with E-state index in [1.807, 2.05) is 6.92 Å². The van der Waals surface area contributed by atoms with Crippen LogP contribution in [-0.4, -0.2) is 50.4 Å². The summed E-state index contributed by atoms with van der Waals surface area (Å²) in [6.45, 7) is 9.46. The molecule has 1 atom stereocenters. The molecule has 0 fully saturated rings. The Bertz CT molecular complexity index is 1210. The molecule has 1 aliphatic rings. The zero-order valence-electron chi connectivity index (χ0n) is 21.3. The molecule has 9 heteroatoms. The number of rotatable bonds is 10. The van der Waals surface area contributed by atoms with Gasteiger partial charge in [0, 0.05) is 23.9 Å². The highest BCUT2D eigenvalue weighted by molar-refractivity contribution is 5.64. The molecule has 0 saturated heterocycles. The van der Waals surface area contributed by atoms with Crippen molar-refractivity contribution in [3.8, 4) is 29.1 Å². The monoisotopic (exact) mass is 482 g/mol. The minimum absolute atomic E-state index is 0.0417. The maximum absolute atomic E-state index is 13.9. The molecule has 35 heavy (non-hydrogen) atoms. The van der Waals surface area contributed by atoms with Gasteiger partial charge in [0.2, 0.25) is 11.6 Å². The van der Waals surface area contributed by atoms with Crippen molar-refractivity contribution in [2.24, 2.45) is 5.73 Å². The fraction of sp³-hybridized carbons (Fsp3) is 0.462. The van der Waals surface area contributed by atoms with Gasteiger partial charge >= 0.3 is 0 Å². The van der Waals surface area contributed by atoms with Crippen molar-refractivity contribution in [3.05, 3.63) is 56.8 Å². The van der Waals surface area contributed by atoms with E-state index in [1.54, 1.807) is 22.8 Å². The molecule has 0 saturated carbocycles. The van der Waals surface area contributed by atoms with Crippen LogP contribution in [0.2, 0.25) is 0 Å². The predicted molar refractivity (Wildman–Crippen MR) is 133 cm³/mol. The molecule has 0 aliphatic carbocycles. The lowest BCUT2D eigenvalue weighted by Crippen LogP contribution is -2.34. The smallest absolute Gasteiger partial charge is 0.258 e. The molecule has 1 aromatic heterocycles. The number of ether oxygens (including phenoxy) is 4. The maximum atomic E-state index is 13.9. The van der Waals surface area contributed by atoms with E-state index in [0.29, 0.717) is 40.7 Å². The fourth-order valence-corrected chi connectivity index (χ4v) is 4.62. The molecule has 0 spiro atoms. The summed E-state index contributed by atoms with van der Waals surface area (Å²) in [4.78, 5) is 16.2. The molecule has 2 heterocycles. The van der Waals surface area contributed by atoms with Gasteiger partial charge in [0.05, 0.1) is 32.8 Å². The number of nitrogens with two attached hydrogens (primary N) is 1. The Morgan fingerprint density at radius 1 is 1.14 bits per heavy atom. The van der Waals surface area contributed by atoms with Crippen molar-refractivity contribution in [2.45, 2.75) is 39.7 Å². The van der Waals surface area contributed by atoms with Crippen molar-refractivity contribution in [2.75, 3.05) is 41.0 Å². The van der Waals surface area contributed by atoms with Crippen molar-refractivity contribution < 1.29 is 18.9 Å². The molecule has 0 amide bonds. The zero-order valence-corrected chi connectivity index (χ0v) is 21.3. The second kappa shape index (κ2) is 11.2. The summed E-state index contributed by atoms with van der Waals surface area (Å²) in [5, 5.41) is 10.0. The average Bonchev–Trinajstić information content (AvgIpc) is 2.86. The van der Waals surface area contributed by atoms with Crippen molar-refractivity contribution in [3.63, 3.8) is 0 Å². The zero-order chi connectivity index (χ0) is 25.7. The molecule has 2 aromatic rings. The molecule has 9 nitrogen and oxygen atoms in total. The Kier molecular flexibility index (Phi) is 8.30. The molecule has 0 radical (unpaired) electrons. The van der Waals surface area contributed by atoms with Gasteiger partial charge in [0.25, 0.3) is 5.56 Å². The number of fused-ring (bicyclic) bond motifs is 1. The van der Waals surface area contributed by atoms with E-state index >= 15 is 0 Å². The highest BCUT2D eigenvalue weighted by Gasteiger charge is 2.37. The van der Waals surface area contributed by atoms with E-state index in [1.165, 1.54) is 21.3 Å². The third-order valence-electron chi connectivity index (χ3n) is 6.49. The van der Waals surface area contributed by atoms with Crippen LogP contribution in [0.4, 0.5) is 0 Å². The summed E-state index contributed by atoms with van der Waals surface area (Å²) < 4.78 is 24.1. The van der Waals surface area contributed by atoms with Crippen molar-refractivity contribution in [1.29, 1.82) is 5.26 Å². The van der Waals surface area contributed by atoms with E-state index in [4.69, 9.17) is 24.7 Å². The largest absolute Gasteiger partial charge is 0.493 e. The van der Waals surface area contributed by atoms with Crippen LogP contribution >= 0.6 is 0 Å². The van der Waals surface area contributed by atoms with Gasteiger partial charge in [0.15, 0.2) is 11.5 Å². The number of methoxy groups -OCH3 is 3. The van der Waals surface area contributed by atoms with Crippen LogP contribution in [-0.2, 0) is 6.54 Å². The lowest BCUT2D eigenvalue weighted by atomic mass is 9.83. The molecular formula is C26H34N4O5. The summed E-state index contributed by atoms with van der Waals surface area (Å²) in [7, 11) is 4.53. The fourth-order valence-electron chi connectivity index (χ4n) is 4.62. The lowest BCUT2D eigenvalue weighted by molar-refractivity contribution is 0.292. The van der Waals surface area contributed by atoms with Gasteiger partial charge in [-0.05, 0) is 39.0 Å². The molecule has 1 aromatic carbocycles. The number of aryl methyl sites for hydroxylation is 1. The van der Waals surface area contributed by atoms with Crippen LogP contribution in [0.3, 0.4) is 0 Å². The number of hydrogen-bond acceptors (Lipinski definition) is 8. The Hall–Kier alpha value is -3.64. The van der Waals surface area contributed by atoms with E-state index in [-0.39, 0.29) is 17.0 Å². The molecule has 0 unspecified atom stereocenters. The van der Waals surface area contributed by atoms with Gasteiger partial charge in [-0.3, -0.25) is 4.79 Å². The first-order chi connectivity index (χ1) is 16.9. The summed E-state index contributed by atoms with van der Waals surface area (Å²) in [6.07, 6.45) is 0.815. The highest BCUT2D eigenvalue weighted by Crippen LogP contribution is 2.48. The van der Waals surface area contributed by atoms with Crippen LogP contribution in [0, 0.1) is 18.3 Å². The van der Waals surface area contributed by atoms with Crippen LogP contribution in [0.5, 0.6) is 23.0 Å². The van der Waals surface area contributed by atoms with E-state index in [9.17, 15) is 10.1 Å². The number of pyridine rings is 1. The van der Waals surface area contributed by atoms with Gasteiger partial charge in [-0.1, -0.05) is 19.9 Å². The van der Waals surface area contributed by atoms with Gasteiger partial charge in [-0.2, -0.15) is 5.26 Å². The van der Waals surface area contributed by atoms with Gasteiger partial charge in [-0.15, -0.1) is 0 Å². The van der Waals surface area contributed by atoms with Crippen LogP contribution in [0.15, 0.2) is 34.4 Å². The normalized spacial score (nSPS) is 14.9. The maximum Gasteiger partial charge on any atom is 0.258 e. The predicted octanol–water partition coefficient (Wildman–Crippen LogP) is 3.13. The van der Waals surface area contributed by atoms with Gasteiger partial charge in [-0.25, -0.2) is 0 Å². The van der Waals surface area contributed by atoms with Crippen LogP contribution < -0.4 is 30.2 Å². The first-order valence-corrected chi connectivity index (χ1v) is 11.7. The Balaban J connectivity index is 2.20. The number of benzene rings is 1. The lowest BCUT2D eigenvalue weighted by Gasteiger charge is -2.29. The summed E-state index contributed by atoms with van der Waals surface area (Å²) >= 11 is 0. The van der Waals surface area contributed by atoms with Crippen molar-refractivity contribution in [1.82, 2.24) is 9.47 Å². The average molecular weight is 483 g/mol. The minimum Gasteiger partial charge on any atom is -0.493 e. The van der Waals surface area contributed by atoms with Crippen LogP contribution in [0.25, 0.3) is 0 Å². The standard InChI is InChI=1S/C26H34N4O5/c1-7-29(8-2)12-9-13-30-16(3)14-20-22(26(30)31)21(18(15-27)25(28)35-20)17-10-11-19(32-4)24(34-6)23(17)33-5/h10-11,14,21H,7-9,12-13,28H2,1-6H3/t21-/m0/s1. The van der Waals surface area contributed by atoms with E-state index in [0.717, 1.165) is 31.7 Å². The minimum atomic E-state index is -0.791. The third-order valence-corrected chi connectivity index (χ3v) is 6.49. The topological polar surface area (TPSA) is 112 Å². The summed E-state index contributed by atoms with van der Waals surface area (Å²) in [5.74, 6) is 0.696. The molecule has 3 rings (SSSR count). The number of aromatic nitrogens is 1. The third kappa shape index (κ3) is 4.80. The van der Waals surface area contributed by atoms with E-state index < -0.39 is 5.92 Å². The number of allylic oxidation sites excluding steroid dienone is 1. The first kappa shape index (κ1) is 26.0. The Morgan fingerprint density at radius 3 is 2.40 bits per heavy atom. The van der Waals surface area contributed by atoms with Crippen molar-refractivity contribution >= 4 is 0 Å². The second-order valence-corrected chi connectivity index (χ2v) is 8.25. The number of hydrogen-bond donors (Lipinski definition) is 1. The number of nitrogens with zero attached hydrogens (tertiary/aromatic N) is 3. The summed E-state index contributed by atoms with van der Waals surface area (Å²) in [5.41, 5.74) is 7.74. The highest BCUT2D eigenvalue weighted by atomic mass is 16.5. The van der Waals surface area contributed by atoms with Crippen LogP contribution in [0.1, 0.15) is 43.0 Å². The SMILES string of the molecule is CCN(CC)CCCn1c(C)cc2c(c1=O)[C@@H](c1ccc(OC)c(OC)c1OC)C(C#N)=C(N)O2. The molecular weight excluding hydrogens is 448 g/mol. The van der Waals surface area contributed by atoms with Gasteiger partial charge in [0.1, 0.15) is 17.4 Å². The molecule has 1 aliphatic heterocycles. The molecule has 2 N–H and O–H groups in total. The molecule has 0 bridgehead atoms. The first-order valence-electron chi connectivity index (χ1n) is 11.7. The number of nitriles is 1. The Morgan fingerprint density at radius 2 is 1.83 bits per heavy atom. The second-order valence-electron chi connectivity index (χ2n) is 8.25. The summed E-state index contributed by atoms with van der Waals surface area (Å²) in [6, 6.07) is 7.42. The van der Waals surface area contributed by atoms with Gasteiger partial charge < -0.3 is 34.1 Å². The Labute approximate surface area is 206 Å².